The smallest absolute Gasteiger partial charge is 0.0871 e. The van der Waals surface area contributed by atoms with Gasteiger partial charge in [0.25, 0.3) is 0 Å². The third-order valence-electron chi connectivity index (χ3n) is 3.55. The average Bonchev–Trinajstić information content (AvgIpc) is 1.87. The van der Waals surface area contributed by atoms with Crippen molar-refractivity contribution in [2.45, 2.75) is 32.7 Å². The molecule has 3 aliphatic heterocycles. The summed E-state index contributed by atoms with van der Waals surface area (Å²) >= 11 is 0. The number of piperidine rings is 2. The van der Waals surface area contributed by atoms with Gasteiger partial charge >= 0.3 is 0 Å². The van der Waals surface area contributed by atoms with Crippen LogP contribution in [0.15, 0.2) is 0 Å². The second-order valence-corrected chi connectivity index (χ2v) is 4.41. The van der Waals surface area contributed by atoms with Crippen LogP contribution in [0.25, 0.3) is 0 Å². The molecule has 0 spiro atoms. The van der Waals surface area contributed by atoms with Crippen LogP contribution in [-0.4, -0.2) is 30.2 Å². The summed E-state index contributed by atoms with van der Waals surface area (Å²) in [6, 6.07) is 0.886. The number of fused-ring (bicyclic) bond motifs is 2. The van der Waals surface area contributed by atoms with Gasteiger partial charge in [0.15, 0.2) is 0 Å². The molecule has 0 aromatic heterocycles. The highest BCUT2D eigenvalue weighted by atomic mass is 15.4. The Kier molecular flexibility index (Phi) is 1.31. The van der Waals surface area contributed by atoms with Crippen molar-refractivity contribution in [2.24, 2.45) is 5.92 Å². The predicted octanol–water partition coefficient (Wildman–Crippen LogP) is 1.64. The summed E-state index contributed by atoms with van der Waals surface area (Å²) in [5.74, 6) is 1.11. The highest BCUT2D eigenvalue weighted by Gasteiger charge is 2.48. The molecule has 0 aromatic carbocycles. The quantitative estimate of drug-likeness (QED) is 0.486. The summed E-state index contributed by atoms with van der Waals surface area (Å²) in [5.41, 5.74) is 0. The molecule has 0 saturated carbocycles. The van der Waals surface area contributed by atoms with Crippen molar-refractivity contribution >= 4 is 0 Å². The lowest BCUT2D eigenvalue weighted by Crippen LogP contribution is -2.69. The monoisotopic (exact) mass is 140 g/mol. The van der Waals surface area contributed by atoms with Gasteiger partial charge in [0.1, 0.15) is 0 Å². The van der Waals surface area contributed by atoms with Crippen LogP contribution in [0.5, 0.6) is 0 Å². The summed E-state index contributed by atoms with van der Waals surface area (Å²) in [5, 5.41) is 0. The molecule has 0 aromatic rings. The number of hydrogen-bond acceptors (Lipinski definition) is 0. The molecule has 3 saturated heterocycles. The van der Waals surface area contributed by atoms with Crippen LogP contribution in [-0.2, 0) is 0 Å². The Bertz CT molecular complexity index is 128. The van der Waals surface area contributed by atoms with Crippen molar-refractivity contribution in [3.63, 3.8) is 0 Å². The molecular weight excluding hydrogens is 122 g/mol. The molecule has 10 heavy (non-hydrogen) atoms. The van der Waals surface area contributed by atoms with E-state index in [-0.39, 0.29) is 0 Å². The molecular formula is C9H18N+. The van der Waals surface area contributed by atoms with Crippen LogP contribution in [0.1, 0.15) is 26.7 Å². The summed E-state index contributed by atoms with van der Waals surface area (Å²) in [4.78, 5) is 0. The highest BCUT2D eigenvalue weighted by Crippen LogP contribution is 2.37. The molecule has 3 fully saturated rings. The van der Waals surface area contributed by atoms with Crippen LogP contribution >= 0.6 is 0 Å². The van der Waals surface area contributed by atoms with Gasteiger partial charge in [0, 0.05) is 0 Å². The van der Waals surface area contributed by atoms with E-state index in [2.05, 4.69) is 13.8 Å². The molecule has 3 rings (SSSR count). The Balaban J connectivity index is 2.05. The van der Waals surface area contributed by atoms with Crippen molar-refractivity contribution in [3.8, 4) is 0 Å². The van der Waals surface area contributed by atoms with Gasteiger partial charge < -0.3 is 4.48 Å². The summed E-state index contributed by atoms with van der Waals surface area (Å²) in [6.45, 7) is 9.21. The average molecular weight is 140 g/mol. The van der Waals surface area contributed by atoms with Crippen LogP contribution in [0.3, 0.4) is 0 Å². The van der Waals surface area contributed by atoms with Crippen LogP contribution in [0, 0.1) is 5.92 Å². The second kappa shape index (κ2) is 1.97. The van der Waals surface area contributed by atoms with Gasteiger partial charge in [-0.25, -0.2) is 0 Å². The molecule has 0 N–H and O–H groups in total. The predicted molar refractivity (Wildman–Crippen MR) is 42.7 cm³/mol. The minimum Gasteiger partial charge on any atom is -0.321 e. The molecule has 3 heterocycles. The van der Waals surface area contributed by atoms with Crippen molar-refractivity contribution in [3.05, 3.63) is 0 Å². The van der Waals surface area contributed by atoms with Crippen LogP contribution < -0.4 is 0 Å². The maximum absolute atomic E-state index is 2.38. The largest absolute Gasteiger partial charge is 0.321 e. The Morgan fingerprint density at radius 1 is 1.30 bits per heavy atom. The van der Waals surface area contributed by atoms with Crippen molar-refractivity contribution < 1.29 is 4.48 Å². The van der Waals surface area contributed by atoms with Crippen molar-refractivity contribution in [2.75, 3.05) is 19.6 Å². The lowest BCUT2D eigenvalue weighted by atomic mass is 9.83. The zero-order chi connectivity index (χ0) is 7.19. The normalized spacial score (nSPS) is 45.3. The van der Waals surface area contributed by atoms with E-state index in [1.165, 1.54) is 37.0 Å². The maximum atomic E-state index is 2.38. The molecule has 2 bridgehead atoms. The molecule has 1 nitrogen and oxygen atoms in total. The van der Waals surface area contributed by atoms with E-state index in [4.69, 9.17) is 0 Å². The molecule has 3 aliphatic rings. The Hall–Kier alpha value is -0.0400. The summed E-state index contributed by atoms with van der Waals surface area (Å²) < 4.78 is 1.45. The van der Waals surface area contributed by atoms with Crippen LogP contribution in [0.2, 0.25) is 0 Å². The van der Waals surface area contributed by atoms with E-state index < -0.39 is 0 Å². The highest BCUT2D eigenvalue weighted by molar-refractivity contribution is 4.76. The van der Waals surface area contributed by atoms with E-state index in [1.54, 1.807) is 0 Å². The first kappa shape index (κ1) is 6.66. The van der Waals surface area contributed by atoms with Crippen molar-refractivity contribution in [1.82, 2.24) is 0 Å². The van der Waals surface area contributed by atoms with E-state index >= 15 is 0 Å². The van der Waals surface area contributed by atoms with Gasteiger partial charge in [-0.1, -0.05) is 0 Å². The van der Waals surface area contributed by atoms with E-state index in [1.807, 2.05) is 0 Å². The molecule has 0 aliphatic carbocycles. The van der Waals surface area contributed by atoms with Gasteiger partial charge in [-0.15, -0.1) is 0 Å². The van der Waals surface area contributed by atoms with E-state index in [0.29, 0.717) is 0 Å². The zero-order valence-corrected chi connectivity index (χ0v) is 7.14. The maximum Gasteiger partial charge on any atom is 0.0871 e. The van der Waals surface area contributed by atoms with Gasteiger partial charge in [-0.2, -0.15) is 0 Å². The topological polar surface area (TPSA) is 0 Å². The third-order valence-corrected chi connectivity index (χ3v) is 3.55. The Morgan fingerprint density at radius 2 is 2.00 bits per heavy atom. The fourth-order valence-corrected chi connectivity index (χ4v) is 2.71. The molecule has 0 unspecified atom stereocenters. The van der Waals surface area contributed by atoms with Crippen molar-refractivity contribution in [1.29, 1.82) is 0 Å². The molecule has 0 radical (unpaired) electrons. The molecule has 1 heteroatoms. The Labute approximate surface area is 63.6 Å². The van der Waals surface area contributed by atoms with E-state index in [9.17, 15) is 0 Å². The number of rotatable bonds is 1. The third kappa shape index (κ3) is 0.731. The van der Waals surface area contributed by atoms with Crippen LogP contribution in [0.4, 0.5) is 0 Å². The first-order valence-electron chi connectivity index (χ1n) is 4.59. The number of quaternary nitrogens is 1. The summed E-state index contributed by atoms with van der Waals surface area (Å²) in [7, 11) is 0. The lowest BCUT2D eigenvalue weighted by molar-refractivity contribution is -0.999. The Morgan fingerprint density at radius 3 is 2.30 bits per heavy atom. The van der Waals surface area contributed by atoms with Gasteiger partial charge in [-0.05, 0) is 26.7 Å². The molecule has 0 atom stereocenters. The minimum absolute atomic E-state index is 0.886. The second-order valence-electron chi connectivity index (χ2n) is 4.41. The summed E-state index contributed by atoms with van der Waals surface area (Å²) in [6.07, 6.45) is 3.01. The fraction of sp³-hybridized carbons (Fsp3) is 1.00. The zero-order valence-electron chi connectivity index (χ0n) is 7.14. The van der Waals surface area contributed by atoms with Gasteiger partial charge in [0.2, 0.25) is 0 Å². The van der Waals surface area contributed by atoms with Gasteiger partial charge in [-0.3, -0.25) is 0 Å². The SMILES string of the molecule is CC(C)[N+]12CCCC(C1)C2. The first-order chi connectivity index (χ1) is 4.73. The molecule has 58 valence electrons. The fourth-order valence-electron chi connectivity index (χ4n) is 2.71. The number of hydrogen-bond donors (Lipinski definition) is 0. The standard InChI is InChI=1S/C9H18N/c1-8(2)10-5-3-4-9(6-10)7-10/h8-9H,3-7H2,1-2H3/q+1. The first-order valence-corrected chi connectivity index (χ1v) is 4.59. The minimum atomic E-state index is 0.886. The number of nitrogens with zero attached hydrogens (tertiary/aromatic N) is 1. The lowest BCUT2D eigenvalue weighted by Gasteiger charge is -2.57. The van der Waals surface area contributed by atoms with Gasteiger partial charge in [0.05, 0.1) is 31.6 Å². The molecule has 0 amide bonds. The van der Waals surface area contributed by atoms with E-state index in [0.717, 1.165) is 12.0 Å².